The number of rotatable bonds is 3. The molecule has 2 rings (SSSR count). The van der Waals surface area contributed by atoms with Crippen molar-refractivity contribution in [2.75, 3.05) is 5.73 Å². The molecule has 5 heteroatoms. The molecule has 98 valence electrons. The Morgan fingerprint density at radius 1 is 1.16 bits per heavy atom. The maximum atomic E-state index is 11.4. The second-order valence-electron chi connectivity index (χ2n) is 4.13. The molecule has 0 aliphatic heterocycles. The average Bonchev–Trinajstić information content (AvgIpc) is 2.32. The number of nitrogens with two attached hydrogens (primary N) is 2. The fourth-order valence-electron chi connectivity index (χ4n) is 1.69. The summed E-state index contributed by atoms with van der Waals surface area (Å²) >= 11 is 3.34. The van der Waals surface area contributed by atoms with E-state index in [4.69, 9.17) is 16.2 Å². The number of hydrogen-bond donors (Lipinski definition) is 2. The van der Waals surface area contributed by atoms with Crippen LogP contribution in [0.3, 0.4) is 0 Å². The Kier molecular flexibility index (Phi) is 3.76. The maximum Gasteiger partial charge on any atom is 0.252 e. The van der Waals surface area contributed by atoms with Gasteiger partial charge in [-0.1, -0.05) is 15.9 Å². The Morgan fingerprint density at radius 3 is 2.53 bits per heavy atom. The van der Waals surface area contributed by atoms with E-state index in [0.717, 1.165) is 10.0 Å². The first kappa shape index (κ1) is 13.4. The Morgan fingerprint density at radius 2 is 1.89 bits per heavy atom. The van der Waals surface area contributed by atoms with Crippen LogP contribution in [0.1, 0.15) is 15.9 Å². The van der Waals surface area contributed by atoms with Crippen LogP contribution in [0.4, 0.5) is 5.69 Å². The third-order valence-electron chi connectivity index (χ3n) is 2.63. The van der Waals surface area contributed by atoms with Gasteiger partial charge in [0.15, 0.2) is 0 Å². The number of aryl methyl sites for hydroxylation is 1. The van der Waals surface area contributed by atoms with Crippen molar-refractivity contribution >= 4 is 27.5 Å². The van der Waals surface area contributed by atoms with Gasteiger partial charge in [0.1, 0.15) is 11.5 Å². The summed E-state index contributed by atoms with van der Waals surface area (Å²) in [5.41, 5.74) is 12.9. The van der Waals surface area contributed by atoms with Gasteiger partial charge in [-0.15, -0.1) is 0 Å². The van der Waals surface area contributed by atoms with E-state index in [1.165, 1.54) is 0 Å². The Hall–Kier alpha value is -2.01. The van der Waals surface area contributed by atoms with Gasteiger partial charge in [0.05, 0.1) is 5.56 Å². The predicted octanol–water partition coefficient (Wildman–Crippen LogP) is 3.23. The molecule has 0 atom stereocenters. The highest BCUT2D eigenvalue weighted by Crippen LogP contribution is 2.31. The zero-order chi connectivity index (χ0) is 14.0. The number of halogens is 1. The number of primary amides is 1. The summed E-state index contributed by atoms with van der Waals surface area (Å²) < 4.78 is 6.56. The Balaban J connectivity index is 2.42. The average molecular weight is 321 g/mol. The lowest BCUT2D eigenvalue weighted by molar-refractivity contribution is 0.0998. The van der Waals surface area contributed by atoms with Crippen LogP contribution in [0.25, 0.3) is 0 Å². The SMILES string of the molecule is Cc1cc(N)ccc1Oc1cc(Br)ccc1C(N)=O. The number of benzene rings is 2. The number of carbonyl (C=O) groups is 1. The summed E-state index contributed by atoms with van der Waals surface area (Å²) in [6.07, 6.45) is 0. The predicted molar refractivity (Wildman–Crippen MR) is 78.3 cm³/mol. The molecule has 0 saturated carbocycles. The van der Waals surface area contributed by atoms with Crippen molar-refractivity contribution in [2.24, 2.45) is 5.73 Å². The van der Waals surface area contributed by atoms with Crippen LogP contribution in [0.5, 0.6) is 11.5 Å². The molecule has 0 bridgehead atoms. The van der Waals surface area contributed by atoms with Gasteiger partial charge in [-0.05, 0) is 48.9 Å². The van der Waals surface area contributed by atoms with Crippen molar-refractivity contribution in [3.63, 3.8) is 0 Å². The smallest absolute Gasteiger partial charge is 0.252 e. The number of amides is 1. The molecule has 0 unspecified atom stereocenters. The number of nitrogen functional groups attached to an aromatic ring is 1. The zero-order valence-corrected chi connectivity index (χ0v) is 11.9. The zero-order valence-electron chi connectivity index (χ0n) is 10.3. The van der Waals surface area contributed by atoms with Crippen LogP contribution in [-0.4, -0.2) is 5.91 Å². The van der Waals surface area contributed by atoms with E-state index in [-0.39, 0.29) is 0 Å². The van der Waals surface area contributed by atoms with E-state index in [9.17, 15) is 4.79 Å². The van der Waals surface area contributed by atoms with Crippen LogP contribution in [-0.2, 0) is 0 Å². The molecule has 1 amide bonds. The normalized spacial score (nSPS) is 10.2. The maximum absolute atomic E-state index is 11.4. The van der Waals surface area contributed by atoms with Crippen LogP contribution in [0, 0.1) is 6.92 Å². The van der Waals surface area contributed by atoms with E-state index < -0.39 is 5.91 Å². The lowest BCUT2D eigenvalue weighted by Gasteiger charge is -2.12. The van der Waals surface area contributed by atoms with Gasteiger partial charge in [0, 0.05) is 10.2 Å². The summed E-state index contributed by atoms with van der Waals surface area (Å²) in [5, 5.41) is 0. The van der Waals surface area contributed by atoms with Crippen LogP contribution >= 0.6 is 15.9 Å². The summed E-state index contributed by atoms with van der Waals surface area (Å²) in [7, 11) is 0. The Bertz CT molecular complexity index is 641. The van der Waals surface area contributed by atoms with E-state index >= 15 is 0 Å². The fraction of sp³-hybridized carbons (Fsp3) is 0.0714. The van der Waals surface area contributed by atoms with Crippen molar-refractivity contribution in [3.8, 4) is 11.5 Å². The quantitative estimate of drug-likeness (QED) is 0.852. The van der Waals surface area contributed by atoms with E-state index in [2.05, 4.69) is 15.9 Å². The lowest BCUT2D eigenvalue weighted by atomic mass is 10.1. The van der Waals surface area contributed by atoms with Crippen molar-refractivity contribution in [1.82, 2.24) is 0 Å². The Labute approximate surface area is 119 Å². The fourth-order valence-corrected chi connectivity index (χ4v) is 2.03. The van der Waals surface area contributed by atoms with Gasteiger partial charge in [-0.25, -0.2) is 0 Å². The van der Waals surface area contributed by atoms with Gasteiger partial charge < -0.3 is 16.2 Å². The van der Waals surface area contributed by atoms with Crippen molar-refractivity contribution in [1.29, 1.82) is 0 Å². The standard InChI is InChI=1S/C14H13BrN2O2/c1-8-6-10(16)3-5-12(8)19-13-7-9(15)2-4-11(13)14(17)18/h2-7H,16H2,1H3,(H2,17,18). The highest BCUT2D eigenvalue weighted by molar-refractivity contribution is 9.10. The number of ether oxygens (including phenoxy) is 1. The van der Waals surface area contributed by atoms with Crippen LogP contribution in [0.15, 0.2) is 40.9 Å². The van der Waals surface area contributed by atoms with E-state index in [1.54, 1.807) is 36.4 Å². The summed E-state index contributed by atoms with van der Waals surface area (Å²) in [5.74, 6) is 0.514. The molecule has 0 radical (unpaired) electrons. The van der Waals surface area contributed by atoms with E-state index in [1.807, 2.05) is 6.92 Å². The molecule has 0 aliphatic rings. The highest BCUT2D eigenvalue weighted by atomic mass is 79.9. The van der Waals surface area contributed by atoms with Gasteiger partial charge >= 0.3 is 0 Å². The number of carbonyl (C=O) groups excluding carboxylic acids is 1. The molecule has 0 aromatic heterocycles. The van der Waals surface area contributed by atoms with Crippen LogP contribution < -0.4 is 16.2 Å². The summed E-state index contributed by atoms with van der Waals surface area (Å²) in [4.78, 5) is 11.4. The van der Waals surface area contributed by atoms with Crippen molar-refractivity contribution in [2.45, 2.75) is 6.92 Å². The molecule has 4 nitrogen and oxygen atoms in total. The minimum Gasteiger partial charge on any atom is -0.456 e. The number of anilines is 1. The molecule has 2 aromatic rings. The minimum atomic E-state index is -0.532. The second kappa shape index (κ2) is 5.32. The van der Waals surface area contributed by atoms with Gasteiger partial charge in [-0.3, -0.25) is 4.79 Å². The van der Waals surface area contributed by atoms with E-state index in [0.29, 0.717) is 22.7 Å². The third-order valence-corrected chi connectivity index (χ3v) is 3.12. The topological polar surface area (TPSA) is 78.3 Å². The molecule has 0 saturated heterocycles. The first-order valence-electron chi connectivity index (χ1n) is 5.60. The number of hydrogen-bond acceptors (Lipinski definition) is 3. The first-order chi connectivity index (χ1) is 8.97. The van der Waals surface area contributed by atoms with Crippen molar-refractivity contribution in [3.05, 3.63) is 52.0 Å². The van der Waals surface area contributed by atoms with Crippen molar-refractivity contribution < 1.29 is 9.53 Å². The summed E-state index contributed by atoms with van der Waals surface area (Å²) in [6, 6.07) is 10.4. The highest BCUT2D eigenvalue weighted by Gasteiger charge is 2.12. The minimum absolute atomic E-state index is 0.333. The third kappa shape index (κ3) is 3.06. The molecular weight excluding hydrogens is 308 g/mol. The van der Waals surface area contributed by atoms with Crippen LogP contribution in [0.2, 0.25) is 0 Å². The second-order valence-corrected chi connectivity index (χ2v) is 5.05. The summed E-state index contributed by atoms with van der Waals surface area (Å²) in [6.45, 7) is 1.88. The lowest BCUT2D eigenvalue weighted by Crippen LogP contribution is -2.12. The molecule has 0 heterocycles. The molecule has 0 spiro atoms. The van der Waals surface area contributed by atoms with Gasteiger partial charge in [0.2, 0.25) is 0 Å². The molecular formula is C14H13BrN2O2. The molecule has 0 fully saturated rings. The molecule has 4 N–H and O–H groups in total. The van der Waals surface area contributed by atoms with Gasteiger partial charge in [-0.2, -0.15) is 0 Å². The largest absolute Gasteiger partial charge is 0.456 e. The molecule has 19 heavy (non-hydrogen) atoms. The molecule has 2 aromatic carbocycles. The molecule has 0 aliphatic carbocycles. The monoisotopic (exact) mass is 320 g/mol. The van der Waals surface area contributed by atoms with Gasteiger partial charge in [0.25, 0.3) is 5.91 Å². The first-order valence-corrected chi connectivity index (χ1v) is 6.40.